The van der Waals surface area contributed by atoms with E-state index in [0.717, 1.165) is 39.1 Å². The Hall–Kier alpha value is -0.810. The average molecular weight is 297 g/mol. The van der Waals surface area contributed by atoms with Crippen molar-refractivity contribution in [3.63, 3.8) is 0 Å². The maximum absolute atomic E-state index is 5.94. The van der Waals surface area contributed by atoms with Crippen LogP contribution in [0.4, 0.5) is 0 Å². The molecule has 1 saturated heterocycles. The molecular formula is C16H35N5. The van der Waals surface area contributed by atoms with E-state index in [4.69, 9.17) is 5.73 Å². The monoisotopic (exact) mass is 297 g/mol. The van der Waals surface area contributed by atoms with E-state index in [9.17, 15) is 0 Å². The molecule has 0 spiro atoms. The second-order valence-electron chi connectivity index (χ2n) is 5.81. The van der Waals surface area contributed by atoms with Gasteiger partial charge in [-0.15, -0.1) is 0 Å². The zero-order valence-electron chi connectivity index (χ0n) is 14.3. The molecule has 5 nitrogen and oxygen atoms in total. The first-order valence-corrected chi connectivity index (χ1v) is 8.71. The molecule has 0 aliphatic carbocycles. The summed E-state index contributed by atoms with van der Waals surface area (Å²) < 4.78 is 0. The maximum Gasteiger partial charge on any atom is 0.188 e. The lowest BCUT2D eigenvalue weighted by Crippen LogP contribution is -2.36. The van der Waals surface area contributed by atoms with Crippen LogP contribution in [0.5, 0.6) is 0 Å². The summed E-state index contributed by atoms with van der Waals surface area (Å²) in [4.78, 5) is 9.46. The fourth-order valence-corrected chi connectivity index (χ4v) is 2.99. The Morgan fingerprint density at radius 1 is 1.29 bits per heavy atom. The van der Waals surface area contributed by atoms with Gasteiger partial charge in [-0.2, -0.15) is 0 Å². The van der Waals surface area contributed by atoms with E-state index < -0.39 is 0 Å². The van der Waals surface area contributed by atoms with Crippen LogP contribution in [0.15, 0.2) is 4.99 Å². The first kappa shape index (κ1) is 18.2. The molecular weight excluding hydrogens is 262 g/mol. The molecule has 124 valence electrons. The summed E-state index contributed by atoms with van der Waals surface area (Å²) in [5, 5.41) is 3.24. The van der Waals surface area contributed by atoms with Gasteiger partial charge in [0.25, 0.3) is 0 Å². The minimum absolute atomic E-state index is 0.595. The zero-order chi connectivity index (χ0) is 15.5. The maximum atomic E-state index is 5.94. The van der Waals surface area contributed by atoms with E-state index in [1.807, 2.05) is 0 Å². The van der Waals surface area contributed by atoms with Crippen molar-refractivity contribution in [1.29, 1.82) is 0 Å². The number of hydrogen-bond acceptors (Lipinski definition) is 3. The lowest BCUT2D eigenvalue weighted by Gasteiger charge is -2.21. The molecule has 5 heteroatoms. The van der Waals surface area contributed by atoms with E-state index in [0.29, 0.717) is 12.0 Å². The van der Waals surface area contributed by atoms with E-state index in [-0.39, 0.29) is 0 Å². The van der Waals surface area contributed by atoms with Crippen molar-refractivity contribution in [2.45, 2.75) is 52.5 Å². The van der Waals surface area contributed by atoms with Crippen LogP contribution in [-0.2, 0) is 0 Å². The summed E-state index contributed by atoms with van der Waals surface area (Å²) in [5.74, 6) is 0.612. The molecule has 0 aromatic rings. The van der Waals surface area contributed by atoms with Crippen LogP contribution >= 0.6 is 0 Å². The molecule has 1 rings (SSSR count). The smallest absolute Gasteiger partial charge is 0.188 e. The summed E-state index contributed by atoms with van der Waals surface area (Å²) in [7, 11) is 0. The molecule has 0 aromatic heterocycles. The quantitative estimate of drug-likeness (QED) is 0.364. The lowest BCUT2D eigenvalue weighted by molar-refractivity contribution is 0.273. The number of rotatable bonds is 10. The number of nitrogens with one attached hydrogen (secondary N) is 1. The van der Waals surface area contributed by atoms with Gasteiger partial charge in [-0.05, 0) is 58.4 Å². The standard InChI is InChI=1S/C16H35N5/c1-4-20(5-2)12-8-7-11-18-16(17)19-14-15-10-9-13-21(15)6-3/h15H,4-14H2,1-3H3,(H3,17,18,19). The number of likely N-dealkylation sites (N-methyl/N-ethyl adjacent to an activating group) is 1. The minimum Gasteiger partial charge on any atom is -0.370 e. The third-order valence-corrected chi connectivity index (χ3v) is 4.48. The number of likely N-dealkylation sites (tertiary alicyclic amines) is 1. The van der Waals surface area contributed by atoms with Gasteiger partial charge in [-0.1, -0.05) is 20.8 Å². The Kier molecular flexibility index (Phi) is 9.42. The van der Waals surface area contributed by atoms with Gasteiger partial charge < -0.3 is 16.0 Å². The molecule has 1 unspecified atom stereocenters. The molecule has 1 aliphatic heterocycles. The van der Waals surface area contributed by atoms with Crippen LogP contribution in [-0.4, -0.2) is 67.6 Å². The van der Waals surface area contributed by atoms with Gasteiger partial charge in [0.15, 0.2) is 5.96 Å². The molecule has 1 atom stereocenters. The van der Waals surface area contributed by atoms with Crippen LogP contribution < -0.4 is 11.1 Å². The Morgan fingerprint density at radius 3 is 2.71 bits per heavy atom. The predicted octanol–water partition coefficient (Wildman–Crippen LogP) is 1.50. The SMILES string of the molecule is CCN(CC)CCCCNC(N)=NCC1CCCN1CC. The molecule has 0 radical (unpaired) electrons. The second-order valence-corrected chi connectivity index (χ2v) is 5.81. The summed E-state index contributed by atoms with van der Waals surface area (Å²) in [6.07, 6.45) is 4.92. The Morgan fingerprint density at radius 2 is 2.05 bits per heavy atom. The van der Waals surface area contributed by atoms with Gasteiger partial charge in [0.05, 0.1) is 6.54 Å². The molecule has 0 bridgehead atoms. The van der Waals surface area contributed by atoms with Crippen molar-refractivity contribution in [3.8, 4) is 0 Å². The van der Waals surface area contributed by atoms with Crippen LogP contribution in [0.2, 0.25) is 0 Å². The number of guanidine groups is 1. The summed E-state index contributed by atoms with van der Waals surface area (Å²) in [6.45, 7) is 14.2. The van der Waals surface area contributed by atoms with Gasteiger partial charge >= 0.3 is 0 Å². The van der Waals surface area contributed by atoms with Gasteiger partial charge in [0, 0.05) is 12.6 Å². The number of nitrogens with zero attached hydrogens (tertiary/aromatic N) is 3. The summed E-state index contributed by atoms with van der Waals surface area (Å²) in [6, 6.07) is 0.595. The summed E-state index contributed by atoms with van der Waals surface area (Å²) in [5.41, 5.74) is 5.94. The number of nitrogens with two attached hydrogens (primary N) is 1. The average Bonchev–Trinajstić information content (AvgIpc) is 2.96. The van der Waals surface area contributed by atoms with Crippen molar-refractivity contribution in [2.24, 2.45) is 10.7 Å². The van der Waals surface area contributed by atoms with E-state index >= 15 is 0 Å². The predicted molar refractivity (Wildman–Crippen MR) is 91.8 cm³/mol. The highest BCUT2D eigenvalue weighted by Crippen LogP contribution is 2.16. The largest absolute Gasteiger partial charge is 0.370 e. The highest BCUT2D eigenvalue weighted by atomic mass is 15.2. The van der Waals surface area contributed by atoms with Crippen molar-refractivity contribution in [1.82, 2.24) is 15.1 Å². The van der Waals surface area contributed by atoms with Gasteiger partial charge in [0.2, 0.25) is 0 Å². The van der Waals surface area contributed by atoms with Crippen LogP contribution in [0, 0.1) is 0 Å². The van der Waals surface area contributed by atoms with Crippen molar-refractivity contribution in [3.05, 3.63) is 0 Å². The Labute approximate surface area is 131 Å². The lowest BCUT2D eigenvalue weighted by atomic mass is 10.2. The third-order valence-electron chi connectivity index (χ3n) is 4.48. The van der Waals surface area contributed by atoms with Crippen molar-refractivity contribution >= 4 is 5.96 Å². The first-order chi connectivity index (χ1) is 10.2. The first-order valence-electron chi connectivity index (χ1n) is 8.71. The molecule has 0 saturated carbocycles. The molecule has 1 aliphatic rings. The van der Waals surface area contributed by atoms with E-state index in [2.05, 4.69) is 40.9 Å². The van der Waals surface area contributed by atoms with Gasteiger partial charge in [-0.3, -0.25) is 9.89 Å². The topological polar surface area (TPSA) is 56.9 Å². The normalized spacial score (nSPS) is 20.4. The summed E-state index contributed by atoms with van der Waals surface area (Å²) >= 11 is 0. The van der Waals surface area contributed by atoms with Gasteiger partial charge in [-0.25, -0.2) is 0 Å². The van der Waals surface area contributed by atoms with Crippen LogP contribution in [0.25, 0.3) is 0 Å². The Balaban J connectivity index is 2.10. The highest BCUT2D eigenvalue weighted by Gasteiger charge is 2.22. The zero-order valence-corrected chi connectivity index (χ0v) is 14.3. The Bertz CT molecular complexity index is 288. The molecule has 3 N–H and O–H groups in total. The number of aliphatic imine (C=N–C) groups is 1. The third kappa shape index (κ3) is 7.14. The molecule has 0 aromatic carbocycles. The highest BCUT2D eigenvalue weighted by molar-refractivity contribution is 5.77. The van der Waals surface area contributed by atoms with Crippen LogP contribution in [0.1, 0.15) is 46.5 Å². The number of hydrogen-bond donors (Lipinski definition) is 2. The molecule has 21 heavy (non-hydrogen) atoms. The fraction of sp³-hybridized carbons (Fsp3) is 0.938. The van der Waals surface area contributed by atoms with E-state index in [1.54, 1.807) is 0 Å². The van der Waals surface area contributed by atoms with Gasteiger partial charge in [0.1, 0.15) is 0 Å². The molecule has 0 amide bonds. The van der Waals surface area contributed by atoms with E-state index in [1.165, 1.54) is 32.4 Å². The molecule has 1 fully saturated rings. The molecule has 1 heterocycles. The number of unbranched alkanes of at least 4 members (excludes halogenated alkanes) is 1. The van der Waals surface area contributed by atoms with Crippen molar-refractivity contribution in [2.75, 3.05) is 45.8 Å². The van der Waals surface area contributed by atoms with Crippen LogP contribution in [0.3, 0.4) is 0 Å². The minimum atomic E-state index is 0.595. The fourth-order valence-electron chi connectivity index (χ4n) is 2.99. The van der Waals surface area contributed by atoms with Crippen molar-refractivity contribution < 1.29 is 0 Å². The second kappa shape index (κ2) is 10.9.